The van der Waals surface area contributed by atoms with E-state index >= 15 is 0 Å². The molecule has 0 aliphatic carbocycles. The lowest BCUT2D eigenvalue weighted by atomic mass is 10.0. The van der Waals surface area contributed by atoms with Gasteiger partial charge in [0.25, 0.3) is 0 Å². The predicted octanol–water partition coefficient (Wildman–Crippen LogP) is 3.06. The van der Waals surface area contributed by atoms with Crippen LogP contribution >= 0.6 is 0 Å². The molecule has 0 bridgehead atoms. The highest BCUT2D eigenvalue weighted by Gasteiger charge is 2.08. The summed E-state index contributed by atoms with van der Waals surface area (Å²) in [6.45, 7) is 3.06. The van der Waals surface area contributed by atoms with E-state index in [9.17, 15) is 0 Å². The van der Waals surface area contributed by atoms with Crippen LogP contribution in [0.2, 0.25) is 0 Å². The van der Waals surface area contributed by atoms with E-state index in [4.69, 9.17) is 10.5 Å². The fourth-order valence-corrected chi connectivity index (χ4v) is 2.32. The molecule has 0 aliphatic rings. The van der Waals surface area contributed by atoms with Crippen molar-refractivity contribution in [1.82, 2.24) is 9.97 Å². The maximum Gasteiger partial charge on any atom is 0.221 e. The van der Waals surface area contributed by atoms with Gasteiger partial charge in [-0.25, -0.2) is 4.98 Å². The Morgan fingerprint density at radius 3 is 2.73 bits per heavy atom. The first-order chi connectivity index (χ1) is 10.7. The lowest BCUT2D eigenvalue weighted by Gasteiger charge is -2.12. The maximum absolute atomic E-state index is 5.70. The summed E-state index contributed by atoms with van der Waals surface area (Å²) in [5, 5.41) is 3.36. The highest BCUT2D eigenvalue weighted by atomic mass is 16.5. The Labute approximate surface area is 131 Å². The average Bonchev–Trinajstić information content (AvgIpc) is 2.54. The molecular formula is C17H24N4O. The molecule has 118 valence electrons. The van der Waals surface area contributed by atoms with E-state index in [1.807, 2.05) is 24.4 Å². The number of nitrogens with two attached hydrogens (primary N) is 1. The van der Waals surface area contributed by atoms with Gasteiger partial charge in [0.05, 0.1) is 7.11 Å². The molecule has 5 nitrogen and oxygen atoms in total. The molecule has 2 rings (SSSR count). The Kier molecular flexibility index (Phi) is 6.01. The molecular weight excluding hydrogens is 276 g/mol. The molecule has 0 unspecified atom stereocenters. The number of aromatic nitrogens is 2. The normalized spacial score (nSPS) is 10.5. The third-order valence-corrected chi connectivity index (χ3v) is 3.56. The molecule has 3 N–H and O–H groups in total. The quantitative estimate of drug-likeness (QED) is 0.733. The molecule has 0 saturated heterocycles. The van der Waals surface area contributed by atoms with Crippen molar-refractivity contribution in [1.29, 1.82) is 0 Å². The number of aryl methyl sites for hydroxylation is 2. The summed E-state index contributed by atoms with van der Waals surface area (Å²) in [4.78, 5) is 8.44. The van der Waals surface area contributed by atoms with Crippen molar-refractivity contribution in [3.63, 3.8) is 0 Å². The van der Waals surface area contributed by atoms with Gasteiger partial charge in [0, 0.05) is 18.3 Å². The number of unbranched alkanes of at least 4 members (excludes halogenated alkanes) is 1. The van der Waals surface area contributed by atoms with Gasteiger partial charge in [0.15, 0.2) is 0 Å². The largest absolute Gasteiger partial charge is 0.496 e. The van der Waals surface area contributed by atoms with Gasteiger partial charge in [0.1, 0.15) is 11.6 Å². The SMILES string of the molecule is CCCCNc1nc(N)ncc1CCc1ccccc1OC. The van der Waals surface area contributed by atoms with E-state index in [2.05, 4.69) is 28.3 Å². The van der Waals surface area contributed by atoms with Crippen LogP contribution in [0, 0.1) is 0 Å². The zero-order valence-corrected chi connectivity index (χ0v) is 13.3. The number of para-hydroxylation sites is 1. The highest BCUT2D eigenvalue weighted by molar-refractivity contribution is 5.46. The van der Waals surface area contributed by atoms with E-state index in [1.54, 1.807) is 7.11 Å². The van der Waals surface area contributed by atoms with Crippen molar-refractivity contribution in [3.05, 3.63) is 41.6 Å². The summed E-state index contributed by atoms with van der Waals surface area (Å²) in [7, 11) is 1.70. The minimum absolute atomic E-state index is 0.306. The van der Waals surface area contributed by atoms with Crippen molar-refractivity contribution in [2.24, 2.45) is 0 Å². The molecule has 0 spiro atoms. The number of nitrogens with one attached hydrogen (secondary N) is 1. The van der Waals surface area contributed by atoms with Crippen LogP contribution < -0.4 is 15.8 Å². The lowest BCUT2D eigenvalue weighted by molar-refractivity contribution is 0.409. The maximum atomic E-state index is 5.70. The summed E-state index contributed by atoms with van der Waals surface area (Å²) in [5.41, 5.74) is 7.96. The van der Waals surface area contributed by atoms with Gasteiger partial charge in [-0.15, -0.1) is 0 Å². The third kappa shape index (κ3) is 4.35. The van der Waals surface area contributed by atoms with E-state index in [-0.39, 0.29) is 0 Å². The zero-order chi connectivity index (χ0) is 15.8. The highest BCUT2D eigenvalue weighted by Crippen LogP contribution is 2.21. The van der Waals surface area contributed by atoms with E-state index < -0.39 is 0 Å². The van der Waals surface area contributed by atoms with Crippen molar-refractivity contribution >= 4 is 11.8 Å². The molecule has 0 fully saturated rings. The third-order valence-electron chi connectivity index (χ3n) is 3.56. The Balaban J connectivity index is 2.08. The molecule has 1 aromatic heterocycles. The second kappa shape index (κ2) is 8.22. The molecule has 1 heterocycles. The number of anilines is 2. The van der Waals surface area contributed by atoms with Crippen LogP contribution in [0.5, 0.6) is 5.75 Å². The van der Waals surface area contributed by atoms with Gasteiger partial charge in [-0.1, -0.05) is 31.5 Å². The first kappa shape index (κ1) is 16.1. The van der Waals surface area contributed by atoms with E-state index in [0.29, 0.717) is 5.95 Å². The van der Waals surface area contributed by atoms with Gasteiger partial charge in [-0.2, -0.15) is 4.98 Å². The smallest absolute Gasteiger partial charge is 0.221 e. The van der Waals surface area contributed by atoms with Gasteiger partial charge in [-0.05, 0) is 30.9 Å². The molecule has 0 saturated carbocycles. The van der Waals surface area contributed by atoms with Gasteiger partial charge >= 0.3 is 0 Å². The molecule has 2 aromatic rings. The molecule has 0 aliphatic heterocycles. The second-order valence-corrected chi connectivity index (χ2v) is 5.19. The Morgan fingerprint density at radius 1 is 1.18 bits per heavy atom. The number of nitrogen functional groups attached to an aromatic ring is 1. The number of ether oxygens (including phenoxy) is 1. The topological polar surface area (TPSA) is 73.1 Å². The lowest BCUT2D eigenvalue weighted by Crippen LogP contribution is -2.09. The Morgan fingerprint density at radius 2 is 1.95 bits per heavy atom. The number of hydrogen-bond donors (Lipinski definition) is 2. The van der Waals surface area contributed by atoms with Crippen molar-refractivity contribution < 1.29 is 4.74 Å². The van der Waals surface area contributed by atoms with Crippen LogP contribution in [-0.2, 0) is 12.8 Å². The fourth-order valence-electron chi connectivity index (χ4n) is 2.32. The summed E-state index contributed by atoms with van der Waals surface area (Å²) >= 11 is 0. The van der Waals surface area contributed by atoms with Gasteiger partial charge in [-0.3, -0.25) is 0 Å². The fraction of sp³-hybridized carbons (Fsp3) is 0.412. The van der Waals surface area contributed by atoms with Gasteiger partial charge < -0.3 is 15.8 Å². The monoisotopic (exact) mass is 300 g/mol. The number of rotatable bonds is 8. The minimum atomic E-state index is 0.306. The van der Waals surface area contributed by atoms with Crippen LogP contribution in [0.1, 0.15) is 30.9 Å². The van der Waals surface area contributed by atoms with Gasteiger partial charge in [0.2, 0.25) is 5.95 Å². The number of methoxy groups -OCH3 is 1. The predicted molar refractivity (Wildman–Crippen MR) is 90.2 cm³/mol. The molecule has 5 heteroatoms. The number of nitrogens with zero attached hydrogens (tertiary/aromatic N) is 2. The van der Waals surface area contributed by atoms with E-state index in [1.165, 1.54) is 5.56 Å². The van der Waals surface area contributed by atoms with Crippen molar-refractivity contribution in [3.8, 4) is 5.75 Å². The van der Waals surface area contributed by atoms with Crippen molar-refractivity contribution in [2.75, 3.05) is 24.7 Å². The molecule has 0 amide bonds. The summed E-state index contributed by atoms with van der Waals surface area (Å²) < 4.78 is 5.40. The summed E-state index contributed by atoms with van der Waals surface area (Å²) in [5.74, 6) is 2.07. The second-order valence-electron chi connectivity index (χ2n) is 5.19. The van der Waals surface area contributed by atoms with Crippen LogP contribution in [0.4, 0.5) is 11.8 Å². The first-order valence-corrected chi connectivity index (χ1v) is 7.71. The minimum Gasteiger partial charge on any atom is -0.496 e. The van der Waals surface area contributed by atoms with Crippen molar-refractivity contribution in [2.45, 2.75) is 32.6 Å². The Bertz CT molecular complexity index is 601. The van der Waals surface area contributed by atoms with Crippen LogP contribution in [0.15, 0.2) is 30.5 Å². The van der Waals surface area contributed by atoms with Crippen LogP contribution in [0.3, 0.4) is 0 Å². The Hall–Kier alpha value is -2.30. The summed E-state index contributed by atoms with van der Waals surface area (Å²) in [6, 6.07) is 8.07. The first-order valence-electron chi connectivity index (χ1n) is 7.71. The average molecular weight is 300 g/mol. The van der Waals surface area contributed by atoms with E-state index in [0.717, 1.165) is 49.4 Å². The standard InChI is InChI=1S/C17H24N4O/c1-3-4-11-19-16-14(12-20-17(18)21-16)10-9-13-7-5-6-8-15(13)22-2/h5-8,12H,3-4,9-11H2,1-2H3,(H3,18,19,20,21). The molecule has 0 atom stereocenters. The molecule has 22 heavy (non-hydrogen) atoms. The summed E-state index contributed by atoms with van der Waals surface area (Å²) in [6.07, 6.45) is 5.78. The molecule has 1 aromatic carbocycles. The zero-order valence-electron chi connectivity index (χ0n) is 13.3. The van der Waals surface area contributed by atoms with Crippen LogP contribution in [-0.4, -0.2) is 23.6 Å². The molecule has 0 radical (unpaired) electrons. The van der Waals surface area contributed by atoms with Crippen LogP contribution in [0.25, 0.3) is 0 Å². The number of benzene rings is 1. The number of hydrogen-bond acceptors (Lipinski definition) is 5.